The van der Waals surface area contributed by atoms with Crippen molar-refractivity contribution < 1.29 is 13.2 Å². The highest BCUT2D eigenvalue weighted by atomic mass is 32.2. The first-order valence-electron chi connectivity index (χ1n) is 10.9. The van der Waals surface area contributed by atoms with E-state index in [1.165, 1.54) is 28.3 Å². The van der Waals surface area contributed by atoms with E-state index in [1.54, 1.807) is 30.3 Å². The largest absolute Gasteiger partial charge is 0.349 e. The summed E-state index contributed by atoms with van der Waals surface area (Å²) in [6.45, 7) is 2.70. The van der Waals surface area contributed by atoms with Crippen molar-refractivity contribution >= 4 is 15.9 Å². The summed E-state index contributed by atoms with van der Waals surface area (Å²) in [6, 6.07) is 14.9. The molecule has 1 aliphatic heterocycles. The molecule has 1 amide bonds. The van der Waals surface area contributed by atoms with Crippen molar-refractivity contribution in [3.63, 3.8) is 0 Å². The highest BCUT2D eigenvalue weighted by Gasteiger charge is 2.33. The number of hydrogen-bond acceptors (Lipinski definition) is 3. The molecule has 0 radical (unpaired) electrons. The van der Waals surface area contributed by atoms with Gasteiger partial charge in [-0.2, -0.15) is 4.31 Å². The molecular formula is C24H30N2O3S. The molecule has 2 aliphatic rings. The van der Waals surface area contributed by atoms with E-state index >= 15 is 0 Å². The van der Waals surface area contributed by atoms with Crippen LogP contribution in [-0.4, -0.2) is 31.7 Å². The summed E-state index contributed by atoms with van der Waals surface area (Å²) in [5.41, 5.74) is 3.95. The van der Waals surface area contributed by atoms with Gasteiger partial charge in [-0.3, -0.25) is 4.79 Å². The topological polar surface area (TPSA) is 66.5 Å². The van der Waals surface area contributed by atoms with Crippen molar-refractivity contribution in [1.29, 1.82) is 0 Å². The summed E-state index contributed by atoms with van der Waals surface area (Å²) < 4.78 is 27.3. The number of fused-ring (bicyclic) bond motifs is 1. The first kappa shape index (κ1) is 21.1. The Bertz CT molecular complexity index is 1000. The van der Waals surface area contributed by atoms with Gasteiger partial charge in [0.25, 0.3) is 0 Å². The van der Waals surface area contributed by atoms with Crippen LogP contribution < -0.4 is 5.32 Å². The minimum absolute atomic E-state index is 0.0619. The van der Waals surface area contributed by atoms with Crippen molar-refractivity contribution in [1.82, 2.24) is 9.62 Å². The van der Waals surface area contributed by atoms with Crippen LogP contribution in [0.1, 0.15) is 55.3 Å². The molecule has 0 spiro atoms. The molecule has 0 aromatic heterocycles. The summed E-state index contributed by atoms with van der Waals surface area (Å²) >= 11 is 0. The Morgan fingerprint density at radius 2 is 1.77 bits per heavy atom. The number of rotatable bonds is 5. The summed E-state index contributed by atoms with van der Waals surface area (Å²) in [7, 11) is -3.57. The molecule has 1 heterocycles. The molecule has 1 aliphatic carbocycles. The Balaban J connectivity index is 1.42. The minimum Gasteiger partial charge on any atom is -0.349 e. The number of nitrogens with one attached hydrogen (secondary N) is 1. The zero-order valence-corrected chi connectivity index (χ0v) is 18.3. The molecule has 2 aromatic carbocycles. The summed E-state index contributed by atoms with van der Waals surface area (Å²) in [5.74, 6) is -0.384. The number of benzene rings is 2. The Hall–Kier alpha value is -2.18. The van der Waals surface area contributed by atoms with Crippen molar-refractivity contribution in [3.8, 4) is 0 Å². The fourth-order valence-electron chi connectivity index (χ4n) is 4.55. The molecule has 30 heavy (non-hydrogen) atoms. The summed E-state index contributed by atoms with van der Waals surface area (Å²) in [5, 5.41) is 3.12. The maximum atomic E-state index is 12.9. The van der Waals surface area contributed by atoms with E-state index in [9.17, 15) is 13.2 Å². The first-order chi connectivity index (χ1) is 14.4. The SMILES string of the molecule is C[C@@H](NC(=O)[C@H]1CCCN(S(=O)(=O)c2ccccc2)C1)c1ccc2c(c1)CCCC2. The normalized spacial score (nSPS) is 20.9. The molecule has 4 rings (SSSR count). The number of piperidine rings is 1. The molecule has 0 unspecified atom stereocenters. The lowest BCUT2D eigenvalue weighted by Gasteiger charge is -2.32. The first-order valence-corrected chi connectivity index (χ1v) is 12.4. The maximum Gasteiger partial charge on any atom is 0.243 e. The number of hydrogen-bond donors (Lipinski definition) is 1. The quantitative estimate of drug-likeness (QED) is 0.790. The zero-order chi connectivity index (χ0) is 21.1. The molecule has 2 aromatic rings. The predicted octanol–water partition coefficient (Wildman–Crippen LogP) is 3.84. The van der Waals surface area contributed by atoms with Crippen molar-refractivity contribution in [3.05, 3.63) is 65.2 Å². The van der Waals surface area contributed by atoms with Gasteiger partial charge in [0.05, 0.1) is 16.9 Å². The van der Waals surface area contributed by atoms with E-state index < -0.39 is 10.0 Å². The van der Waals surface area contributed by atoms with Crippen molar-refractivity contribution in [2.75, 3.05) is 13.1 Å². The van der Waals surface area contributed by atoms with Crippen LogP contribution >= 0.6 is 0 Å². The lowest BCUT2D eigenvalue weighted by Crippen LogP contribution is -2.45. The average molecular weight is 427 g/mol. The molecule has 0 saturated carbocycles. The van der Waals surface area contributed by atoms with Gasteiger partial charge in [0.15, 0.2) is 0 Å². The monoisotopic (exact) mass is 426 g/mol. The second kappa shape index (κ2) is 8.90. The lowest BCUT2D eigenvalue weighted by molar-refractivity contribution is -0.126. The second-order valence-corrected chi connectivity index (χ2v) is 10.4. The maximum absolute atomic E-state index is 12.9. The van der Waals surface area contributed by atoms with Gasteiger partial charge in [-0.15, -0.1) is 0 Å². The van der Waals surface area contributed by atoms with Gasteiger partial charge in [-0.25, -0.2) is 8.42 Å². The second-order valence-electron chi connectivity index (χ2n) is 8.48. The Labute approximate surface area is 179 Å². The van der Waals surface area contributed by atoms with E-state index in [2.05, 4.69) is 23.5 Å². The third kappa shape index (κ3) is 4.44. The molecule has 1 fully saturated rings. The van der Waals surface area contributed by atoms with Crippen LogP contribution in [0.15, 0.2) is 53.4 Å². The number of carbonyl (C=O) groups is 1. The lowest BCUT2D eigenvalue weighted by atomic mass is 9.89. The fraction of sp³-hybridized carbons (Fsp3) is 0.458. The number of sulfonamides is 1. The highest BCUT2D eigenvalue weighted by molar-refractivity contribution is 7.89. The number of amides is 1. The molecule has 0 bridgehead atoms. The van der Waals surface area contributed by atoms with Crippen LogP contribution in [0, 0.1) is 5.92 Å². The predicted molar refractivity (Wildman–Crippen MR) is 118 cm³/mol. The molecule has 1 saturated heterocycles. The molecule has 2 atom stereocenters. The summed E-state index contributed by atoms with van der Waals surface area (Å²) in [4.78, 5) is 13.2. The smallest absolute Gasteiger partial charge is 0.243 e. The van der Waals surface area contributed by atoms with Crippen LogP contribution in [0.25, 0.3) is 0 Å². The molecular weight excluding hydrogens is 396 g/mol. The zero-order valence-electron chi connectivity index (χ0n) is 17.5. The van der Waals surface area contributed by atoms with E-state index in [4.69, 9.17) is 0 Å². The van der Waals surface area contributed by atoms with Gasteiger partial charge in [-0.1, -0.05) is 36.4 Å². The number of aryl methyl sites for hydroxylation is 2. The Kier molecular flexibility index (Phi) is 6.25. The fourth-order valence-corrected chi connectivity index (χ4v) is 6.10. The van der Waals surface area contributed by atoms with Crippen LogP contribution in [-0.2, 0) is 27.7 Å². The van der Waals surface area contributed by atoms with E-state index in [0.717, 1.165) is 18.4 Å². The van der Waals surface area contributed by atoms with Gasteiger partial charge in [0.1, 0.15) is 0 Å². The van der Waals surface area contributed by atoms with Gasteiger partial charge >= 0.3 is 0 Å². The molecule has 160 valence electrons. The number of carbonyl (C=O) groups excluding carboxylic acids is 1. The highest BCUT2D eigenvalue weighted by Crippen LogP contribution is 2.27. The van der Waals surface area contributed by atoms with Crippen molar-refractivity contribution in [2.45, 2.75) is 56.4 Å². The summed E-state index contributed by atoms with van der Waals surface area (Å²) in [6.07, 6.45) is 6.14. The minimum atomic E-state index is -3.57. The van der Waals surface area contributed by atoms with Crippen molar-refractivity contribution in [2.24, 2.45) is 5.92 Å². The van der Waals surface area contributed by atoms with Gasteiger partial charge < -0.3 is 5.32 Å². The van der Waals surface area contributed by atoms with Crippen LogP contribution in [0.4, 0.5) is 0 Å². The third-order valence-electron chi connectivity index (χ3n) is 6.37. The van der Waals surface area contributed by atoms with Gasteiger partial charge in [0.2, 0.25) is 15.9 Å². The Morgan fingerprint density at radius 3 is 2.53 bits per heavy atom. The standard InChI is InChI=1S/C24H30N2O3S/c1-18(20-14-13-19-8-5-6-9-21(19)16-20)25-24(27)22-10-7-15-26(17-22)30(28,29)23-11-3-2-4-12-23/h2-4,11-14,16,18,22H,5-10,15,17H2,1H3,(H,25,27)/t18-,22+/m1/s1. The average Bonchev–Trinajstić information content (AvgIpc) is 2.79. The van der Waals surface area contributed by atoms with E-state index in [1.807, 2.05) is 6.92 Å². The third-order valence-corrected chi connectivity index (χ3v) is 8.25. The molecule has 5 nitrogen and oxygen atoms in total. The van der Waals surface area contributed by atoms with E-state index in [0.29, 0.717) is 19.4 Å². The number of nitrogens with zero attached hydrogens (tertiary/aromatic N) is 1. The Morgan fingerprint density at radius 1 is 1.03 bits per heavy atom. The van der Waals surface area contributed by atoms with Gasteiger partial charge in [-0.05, 0) is 74.3 Å². The van der Waals surface area contributed by atoms with Gasteiger partial charge in [0, 0.05) is 13.1 Å². The molecule has 1 N–H and O–H groups in total. The van der Waals surface area contributed by atoms with Crippen LogP contribution in [0.5, 0.6) is 0 Å². The van der Waals surface area contributed by atoms with Crippen LogP contribution in [0.3, 0.4) is 0 Å². The van der Waals surface area contributed by atoms with E-state index in [-0.39, 0.29) is 29.3 Å². The van der Waals surface area contributed by atoms with Crippen LogP contribution in [0.2, 0.25) is 0 Å². The molecule has 6 heteroatoms.